The molecule has 0 amide bonds. The number of nitrogens with one attached hydrogen (secondary N) is 1. The van der Waals surface area contributed by atoms with E-state index < -0.39 is 0 Å². The van der Waals surface area contributed by atoms with Gasteiger partial charge in [-0.3, -0.25) is 0 Å². The van der Waals surface area contributed by atoms with Crippen LogP contribution in [0.5, 0.6) is 0 Å². The van der Waals surface area contributed by atoms with Gasteiger partial charge in [0.05, 0.1) is 0 Å². The first-order valence-electron chi connectivity index (χ1n) is 8.30. The van der Waals surface area contributed by atoms with Gasteiger partial charge in [-0.25, -0.2) is 0 Å². The molecule has 0 fully saturated rings. The van der Waals surface area contributed by atoms with Crippen LogP contribution in [-0.4, -0.2) is 12.6 Å². The normalized spacial score (nSPS) is 13.4. The Morgan fingerprint density at radius 2 is 1.65 bits per heavy atom. The van der Waals surface area contributed by atoms with Gasteiger partial charge in [0, 0.05) is 6.04 Å². The molecule has 0 aliphatic heterocycles. The van der Waals surface area contributed by atoms with Gasteiger partial charge >= 0.3 is 0 Å². The fourth-order valence-electron chi connectivity index (χ4n) is 2.50. The summed E-state index contributed by atoms with van der Waals surface area (Å²) in [5.74, 6) is 0. The van der Waals surface area contributed by atoms with Crippen LogP contribution in [0.1, 0.15) is 71.4 Å². The first-order chi connectivity index (χ1) is 9.47. The minimum atomic E-state index is 0.251. The molecule has 1 unspecified atom stereocenters. The minimum Gasteiger partial charge on any atom is -0.314 e. The zero-order chi connectivity index (χ0) is 15.0. The van der Waals surface area contributed by atoms with Crippen LogP contribution in [0.2, 0.25) is 0 Å². The van der Waals surface area contributed by atoms with Crippen molar-refractivity contribution in [2.75, 3.05) is 6.54 Å². The molecular formula is C19H33N. The molecule has 1 rings (SSSR count). The average Bonchev–Trinajstić information content (AvgIpc) is 2.41. The Labute approximate surface area is 126 Å². The third-order valence-electron chi connectivity index (χ3n) is 3.89. The van der Waals surface area contributed by atoms with Gasteiger partial charge in [0.25, 0.3) is 0 Å². The van der Waals surface area contributed by atoms with Crippen LogP contribution in [0.4, 0.5) is 0 Å². The van der Waals surface area contributed by atoms with E-state index >= 15 is 0 Å². The molecule has 1 aromatic carbocycles. The van der Waals surface area contributed by atoms with Gasteiger partial charge in [0.1, 0.15) is 0 Å². The van der Waals surface area contributed by atoms with Crippen LogP contribution in [0.25, 0.3) is 0 Å². The van der Waals surface area contributed by atoms with Gasteiger partial charge in [-0.15, -0.1) is 0 Å². The molecular weight excluding hydrogens is 242 g/mol. The molecule has 0 aliphatic rings. The highest BCUT2D eigenvalue weighted by Gasteiger charge is 2.14. The second-order valence-corrected chi connectivity index (χ2v) is 6.94. The summed E-state index contributed by atoms with van der Waals surface area (Å²) < 4.78 is 0. The van der Waals surface area contributed by atoms with Gasteiger partial charge in [-0.2, -0.15) is 0 Å². The van der Waals surface area contributed by atoms with Crippen LogP contribution < -0.4 is 5.32 Å². The van der Waals surface area contributed by atoms with Crippen molar-refractivity contribution in [3.63, 3.8) is 0 Å². The van der Waals surface area contributed by atoms with E-state index in [0.29, 0.717) is 6.04 Å². The van der Waals surface area contributed by atoms with Crippen molar-refractivity contribution in [2.24, 2.45) is 0 Å². The molecule has 0 saturated heterocycles. The Kier molecular flexibility index (Phi) is 7.29. The largest absolute Gasteiger partial charge is 0.314 e. The standard InChI is InChI=1S/C19H33N/c1-6-8-9-18(20-14-7-2)15-16-10-12-17(13-11-16)19(3,4)5/h10-13,18,20H,6-9,14-15H2,1-5H3. The lowest BCUT2D eigenvalue weighted by Gasteiger charge is -2.21. The zero-order valence-electron chi connectivity index (χ0n) is 14.1. The van der Waals surface area contributed by atoms with E-state index in [0.717, 1.165) is 13.0 Å². The molecule has 0 saturated carbocycles. The van der Waals surface area contributed by atoms with E-state index in [1.54, 1.807) is 0 Å². The summed E-state index contributed by atoms with van der Waals surface area (Å²) in [6.45, 7) is 12.5. The Balaban J connectivity index is 2.62. The summed E-state index contributed by atoms with van der Waals surface area (Å²) in [5.41, 5.74) is 3.14. The summed E-state index contributed by atoms with van der Waals surface area (Å²) >= 11 is 0. The Morgan fingerprint density at radius 1 is 1.00 bits per heavy atom. The number of hydrogen-bond donors (Lipinski definition) is 1. The van der Waals surface area contributed by atoms with Gasteiger partial charge in [0.2, 0.25) is 0 Å². The maximum atomic E-state index is 3.70. The maximum absolute atomic E-state index is 3.70. The summed E-state index contributed by atoms with van der Waals surface area (Å²) in [7, 11) is 0. The second kappa shape index (κ2) is 8.46. The Morgan fingerprint density at radius 3 is 2.15 bits per heavy atom. The van der Waals surface area contributed by atoms with Gasteiger partial charge in [-0.05, 0) is 42.3 Å². The van der Waals surface area contributed by atoms with E-state index in [4.69, 9.17) is 0 Å². The number of hydrogen-bond acceptors (Lipinski definition) is 1. The molecule has 0 aliphatic carbocycles. The molecule has 0 heterocycles. The Bertz CT molecular complexity index is 350. The van der Waals surface area contributed by atoms with Gasteiger partial charge in [0.15, 0.2) is 0 Å². The fourth-order valence-corrected chi connectivity index (χ4v) is 2.50. The van der Waals surface area contributed by atoms with E-state index in [-0.39, 0.29) is 5.41 Å². The lowest BCUT2D eigenvalue weighted by Crippen LogP contribution is -2.31. The molecule has 1 heteroatoms. The third-order valence-corrected chi connectivity index (χ3v) is 3.89. The molecule has 0 bridgehead atoms. The van der Waals surface area contributed by atoms with Crippen LogP contribution in [0.3, 0.4) is 0 Å². The Hall–Kier alpha value is -0.820. The van der Waals surface area contributed by atoms with Gasteiger partial charge in [-0.1, -0.05) is 71.7 Å². The summed E-state index contributed by atoms with van der Waals surface area (Å²) in [6.07, 6.45) is 6.27. The smallest absolute Gasteiger partial charge is 0.0107 e. The van der Waals surface area contributed by atoms with E-state index in [9.17, 15) is 0 Å². The van der Waals surface area contributed by atoms with Crippen molar-refractivity contribution in [3.8, 4) is 0 Å². The summed E-state index contributed by atoms with van der Waals surface area (Å²) in [4.78, 5) is 0. The molecule has 1 N–H and O–H groups in total. The zero-order valence-corrected chi connectivity index (χ0v) is 14.1. The lowest BCUT2D eigenvalue weighted by molar-refractivity contribution is 0.462. The quantitative estimate of drug-likeness (QED) is 0.697. The second-order valence-electron chi connectivity index (χ2n) is 6.94. The van der Waals surface area contributed by atoms with Crippen LogP contribution >= 0.6 is 0 Å². The molecule has 20 heavy (non-hydrogen) atoms. The summed E-state index contributed by atoms with van der Waals surface area (Å²) in [5, 5.41) is 3.70. The van der Waals surface area contributed by atoms with Crippen molar-refractivity contribution in [1.82, 2.24) is 5.32 Å². The molecule has 1 aromatic rings. The highest BCUT2D eigenvalue weighted by molar-refractivity contribution is 5.28. The van der Waals surface area contributed by atoms with Crippen molar-refractivity contribution >= 4 is 0 Å². The lowest BCUT2D eigenvalue weighted by atomic mass is 9.86. The first kappa shape index (κ1) is 17.2. The topological polar surface area (TPSA) is 12.0 Å². The fraction of sp³-hybridized carbons (Fsp3) is 0.684. The molecule has 1 nitrogen and oxygen atoms in total. The monoisotopic (exact) mass is 275 g/mol. The highest BCUT2D eigenvalue weighted by atomic mass is 14.9. The maximum Gasteiger partial charge on any atom is 0.0107 e. The van der Waals surface area contributed by atoms with E-state index in [2.05, 4.69) is 64.2 Å². The third kappa shape index (κ3) is 6.09. The molecule has 1 atom stereocenters. The molecule has 0 spiro atoms. The molecule has 0 aromatic heterocycles. The minimum absolute atomic E-state index is 0.251. The molecule has 114 valence electrons. The number of unbranched alkanes of at least 4 members (excludes halogenated alkanes) is 1. The van der Waals surface area contributed by atoms with Gasteiger partial charge < -0.3 is 5.32 Å². The van der Waals surface area contributed by atoms with Crippen molar-refractivity contribution in [2.45, 2.75) is 78.2 Å². The van der Waals surface area contributed by atoms with Crippen LogP contribution in [0.15, 0.2) is 24.3 Å². The first-order valence-corrected chi connectivity index (χ1v) is 8.30. The van der Waals surface area contributed by atoms with Crippen molar-refractivity contribution < 1.29 is 0 Å². The van der Waals surface area contributed by atoms with Crippen molar-refractivity contribution in [3.05, 3.63) is 35.4 Å². The van der Waals surface area contributed by atoms with Crippen molar-refractivity contribution in [1.29, 1.82) is 0 Å². The molecule has 0 radical (unpaired) electrons. The highest BCUT2D eigenvalue weighted by Crippen LogP contribution is 2.22. The van der Waals surface area contributed by atoms with E-state index in [1.807, 2.05) is 0 Å². The number of rotatable bonds is 8. The van der Waals surface area contributed by atoms with E-state index in [1.165, 1.54) is 36.8 Å². The average molecular weight is 275 g/mol. The predicted molar refractivity (Wildman–Crippen MR) is 90.5 cm³/mol. The predicted octanol–water partition coefficient (Wildman–Crippen LogP) is 5.09. The SMILES string of the molecule is CCCCC(Cc1ccc(C(C)(C)C)cc1)NCCC. The van der Waals surface area contributed by atoms with Crippen LogP contribution in [-0.2, 0) is 11.8 Å². The van der Waals surface area contributed by atoms with Crippen LogP contribution in [0, 0.1) is 0 Å². The number of benzene rings is 1. The summed E-state index contributed by atoms with van der Waals surface area (Å²) in [6, 6.07) is 9.86.